The summed E-state index contributed by atoms with van der Waals surface area (Å²) in [5.41, 5.74) is 4.35. The summed E-state index contributed by atoms with van der Waals surface area (Å²) in [7, 11) is 3.52. The molecular formula is C31H34ClN5O3. The van der Waals surface area contributed by atoms with Gasteiger partial charge in [0.25, 0.3) is 0 Å². The number of amides is 1. The summed E-state index contributed by atoms with van der Waals surface area (Å²) in [6.07, 6.45) is 0. The van der Waals surface area contributed by atoms with Crippen LogP contribution < -0.4 is 4.90 Å². The number of methoxy groups -OCH3 is 1. The van der Waals surface area contributed by atoms with Crippen LogP contribution in [0.3, 0.4) is 0 Å². The van der Waals surface area contributed by atoms with Gasteiger partial charge in [0.15, 0.2) is 5.88 Å². The van der Waals surface area contributed by atoms with E-state index < -0.39 is 0 Å². The summed E-state index contributed by atoms with van der Waals surface area (Å²) in [5.74, 6) is 0.0790. The minimum atomic E-state index is 0.0290. The molecule has 5 rings (SSSR count). The Bertz CT molecular complexity index is 1480. The predicted molar refractivity (Wildman–Crippen MR) is 161 cm³/mol. The molecule has 2 N–H and O–H groups in total. The van der Waals surface area contributed by atoms with Crippen molar-refractivity contribution in [2.24, 2.45) is 4.99 Å². The number of piperazine rings is 1. The first-order chi connectivity index (χ1) is 19.4. The van der Waals surface area contributed by atoms with Crippen molar-refractivity contribution in [1.82, 2.24) is 14.8 Å². The number of aromatic hydroxyl groups is 1. The molecule has 9 heteroatoms. The second kappa shape index (κ2) is 12.7. The molecule has 0 bridgehead atoms. The van der Waals surface area contributed by atoms with Crippen molar-refractivity contribution in [3.8, 4) is 5.88 Å². The summed E-state index contributed by atoms with van der Waals surface area (Å²) in [4.78, 5) is 27.3. The van der Waals surface area contributed by atoms with E-state index in [4.69, 9.17) is 21.3 Å². The van der Waals surface area contributed by atoms with E-state index in [1.54, 1.807) is 31.2 Å². The molecule has 0 aliphatic carbocycles. The number of H-pyrrole nitrogens is 1. The fraction of sp³-hybridized carbons (Fsp3) is 0.290. The third-order valence-corrected chi connectivity index (χ3v) is 7.55. The number of aromatic amines is 1. The Hall–Kier alpha value is -3.69. The van der Waals surface area contributed by atoms with Gasteiger partial charge in [-0.3, -0.25) is 14.6 Å². The van der Waals surface area contributed by atoms with Crippen LogP contribution in [-0.2, 0) is 9.53 Å². The number of carbonyl (C=O) groups excluding carboxylic acids is 1. The lowest BCUT2D eigenvalue weighted by molar-refractivity contribution is -0.119. The Morgan fingerprint density at radius 2 is 1.73 bits per heavy atom. The van der Waals surface area contributed by atoms with Gasteiger partial charge >= 0.3 is 0 Å². The fourth-order valence-electron chi connectivity index (χ4n) is 4.97. The average Bonchev–Trinajstić information content (AvgIpc) is 3.30. The molecule has 40 heavy (non-hydrogen) atoms. The Morgan fingerprint density at radius 3 is 2.42 bits per heavy atom. The first kappa shape index (κ1) is 27.9. The van der Waals surface area contributed by atoms with E-state index >= 15 is 0 Å². The number of halogens is 1. The molecule has 0 atom stereocenters. The van der Waals surface area contributed by atoms with Gasteiger partial charge in [-0.05, 0) is 36.4 Å². The third-order valence-electron chi connectivity index (χ3n) is 7.31. The van der Waals surface area contributed by atoms with E-state index in [-0.39, 0.29) is 11.8 Å². The maximum absolute atomic E-state index is 13.0. The molecule has 1 aromatic heterocycles. The van der Waals surface area contributed by atoms with E-state index in [9.17, 15) is 9.90 Å². The lowest BCUT2D eigenvalue weighted by atomic mass is 10.0. The predicted octanol–water partition coefficient (Wildman–Crippen LogP) is 4.92. The van der Waals surface area contributed by atoms with Crippen LogP contribution in [0.2, 0.25) is 5.02 Å². The topological polar surface area (TPSA) is 84.4 Å². The Labute approximate surface area is 239 Å². The number of anilines is 1. The molecule has 8 nitrogen and oxygen atoms in total. The van der Waals surface area contributed by atoms with Gasteiger partial charge in [-0.15, -0.1) is 0 Å². The van der Waals surface area contributed by atoms with Crippen LogP contribution in [0.25, 0.3) is 10.9 Å². The highest BCUT2D eigenvalue weighted by molar-refractivity contribution is 6.31. The van der Waals surface area contributed by atoms with Crippen LogP contribution in [0, 0.1) is 0 Å². The number of fused-ring (bicyclic) bond motifs is 1. The Balaban J connectivity index is 1.34. The number of ether oxygens (including phenoxy) is 1. The zero-order chi connectivity index (χ0) is 28.1. The molecule has 1 fully saturated rings. The van der Waals surface area contributed by atoms with E-state index in [1.165, 1.54) is 0 Å². The molecule has 0 unspecified atom stereocenters. The molecule has 2 heterocycles. The van der Waals surface area contributed by atoms with Gasteiger partial charge in [-0.25, -0.2) is 4.99 Å². The highest BCUT2D eigenvalue weighted by atomic mass is 35.5. The maximum atomic E-state index is 13.0. The molecule has 3 aromatic carbocycles. The van der Waals surface area contributed by atoms with Gasteiger partial charge < -0.3 is 19.7 Å². The van der Waals surface area contributed by atoms with E-state index in [0.717, 1.165) is 61.5 Å². The number of hydrogen-bond donors (Lipinski definition) is 2. The molecule has 0 saturated carbocycles. The molecule has 208 valence electrons. The third kappa shape index (κ3) is 6.37. The molecule has 0 spiro atoms. The van der Waals surface area contributed by atoms with Crippen molar-refractivity contribution in [3.63, 3.8) is 0 Å². The van der Waals surface area contributed by atoms with E-state index in [2.05, 4.69) is 14.8 Å². The van der Waals surface area contributed by atoms with Crippen molar-refractivity contribution in [3.05, 3.63) is 88.9 Å². The smallest absolute Gasteiger partial charge is 0.240 e. The van der Waals surface area contributed by atoms with Crippen LogP contribution in [0.1, 0.15) is 11.1 Å². The number of benzene rings is 3. The van der Waals surface area contributed by atoms with Gasteiger partial charge in [0.1, 0.15) is 0 Å². The summed E-state index contributed by atoms with van der Waals surface area (Å²) < 4.78 is 5.17. The number of aliphatic imine (C=N–C) groups is 1. The van der Waals surface area contributed by atoms with Gasteiger partial charge in [-0.2, -0.15) is 0 Å². The minimum Gasteiger partial charge on any atom is -0.494 e. The SMILES string of the molecule is COCCN1CCN(CC(=O)N(C)c2ccc(N=C(c3ccccc3)c3c(O)[nH]c4cc(Cl)ccc34)cc2)CC1. The van der Waals surface area contributed by atoms with Crippen molar-refractivity contribution >= 4 is 45.5 Å². The summed E-state index contributed by atoms with van der Waals surface area (Å²) in [6.45, 7) is 5.65. The summed E-state index contributed by atoms with van der Waals surface area (Å²) in [6, 6.07) is 22.8. The van der Waals surface area contributed by atoms with Crippen LogP contribution in [0.5, 0.6) is 5.88 Å². The fourth-order valence-corrected chi connectivity index (χ4v) is 5.14. The molecule has 0 radical (unpaired) electrons. The summed E-state index contributed by atoms with van der Waals surface area (Å²) >= 11 is 6.18. The molecule has 1 amide bonds. The second-order valence-electron chi connectivity index (χ2n) is 9.94. The summed E-state index contributed by atoms with van der Waals surface area (Å²) in [5, 5.41) is 12.3. The van der Waals surface area contributed by atoms with Gasteiger partial charge in [0, 0.05) is 68.5 Å². The largest absolute Gasteiger partial charge is 0.494 e. The van der Waals surface area contributed by atoms with Crippen LogP contribution in [0.15, 0.2) is 77.8 Å². The van der Waals surface area contributed by atoms with Crippen LogP contribution >= 0.6 is 11.6 Å². The quantitative estimate of drug-likeness (QED) is 0.284. The molecular weight excluding hydrogens is 526 g/mol. The number of rotatable bonds is 9. The van der Waals surface area contributed by atoms with Crippen molar-refractivity contribution in [2.45, 2.75) is 0 Å². The minimum absolute atomic E-state index is 0.0290. The zero-order valence-corrected chi connectivity index (χ0v) is 23.6. The van der Waals surface area contributed by atoms with Gasteiger partial charge in [-0.1, -0.05) is 48.0 Å². The highest BCUT2D eigenvalue weighted by Gasteiger charge is 2.22. The first-order valence-electron chi connectivity index (χ1n) is 13.4. The van der Waals surface area contributed by atoms with Crippen molar-refractivity contribution < 1.29 is 14.6 Å². The first-order valence-corrected chi connectivity index (χ1v) is 13.8. The van der Waals surface area contributed by atoms with Crippen LogP contribution in [0.4, 0.5) is 11.4 Å². The molecule has 1 aliphatic rings. The number of carbonyl (C=O) groups is 1. The van der Waals surface area contributed by atoms with Crippen molar-refractivity contribution in [2.75, 3.05) is 64.9 Å². The Kier molecular flexibility index (Phi) is 8.81. The lowest BCUT2D eigenvalue weighted by Crippen LogP contribution is -2.50. The van der Waals surface area contributed by atoms with Crippen LogP contribution in [-0.4, -0.2) is 91.5 Å². The van der Waals surface area contributed by atoms with Gasteiger partial charge in [0.05, 0.1) is 35.6 Å². The standard InChI is InChI=1S/C31H34ClN5O3/c1-35(28(38)21-37-16-14-36(15-17-37)18-19-40-2)25-11-9-24(10-12-25)33-30(22-6-4-3-5-7-22)29-26-13-8-23(32)20-27(26)34-31(29)39/h3-13,20,34,39H,14-19,21H2,1-2H3. The zero-order valence-electron chi connectivity index (χ0n) is 22.8. The average molecular weight is 560 g/mol. The molecule has 1 saturated heterocycles. The second-order valence-corrected chi connectivity index (χ2v) is 10.4. The van der Waals surface area contributed by atoms with E-state index in [0.29, 0.717) is 28.5 Å². The Morgan fingerprint density at radius 1 is 1.02 bits per heavy atom. The molecule has 4 aromatic rings. The highest BCUT2D eigenvalue weighted by Crippen LogP contribution is 2.33. The van der Waals surface area contributed by atoms with E-state index in [1.807, 2.05) is 60.7 Å². The van der Waals surface area contributed by atoms with Gasteiger partial charge in [0.2, 0.25) is 5.91 Å². The maximum Gasteiger partial charge on any atom is 0.240 e. The number of nitrogens with zero attached hydrogens (tertiary/aromatic N) is 4. The number of hydrogen-bond acceptors (Lipinski definition) is 6. The number of likely N-dealkylation sites (N-methyl/N-ethyl adjacent to an activating group) is 1. The lowest BCUT2D eigenvalue weighted by Gasteiger charge is -2.34. The monoisotopic (exact) mass is 559 g/mol. The normalized spacial score (nSPS) is 15.0. The number of aromatic nitrogens is 1. The molecule has 1 aliphatic heterocycles. The number of nitrogens with one attached hydrogen (secondary N) is 1. The van der Waals surface area contributed by atoms with Crippen molar-refractivity contribution in [1.29, 1.82) is 0 Å².